The normalized spacial score (nSPS) is 14.1. The van der Waals surface area contributed by atoms with Crippen molar-refractivity contribution in [3.8, 4) is 0 Å². The molecule has 1 unspecified atom stereocenters. The van der Waals surface area contributed by atoms with Gasteiger partial charge in [0.15, 0.2) is 5.82 Å². The first-order valence-corrected chi connectivity index (χ1v) is 3.88. The summed E-state index contributed by atoms with van der Waals surface area (Å²) in [6, 6.07) is 0.825. The van der Waals surface area contributed by atoms with Crippen molar-refractivity contribution in [2.75, 3.05) is 7.11 Å². The average molecular weight is 206 g/mol. The summed E-state index contributed by atoms with van der Waals surface area (Å²) in [6.45, 7) is 1.58. The highest BCUT2D eigenvalue weighted by Crippen LogP contribution is 2.27. The van der Waals surface area contributed by atoms with Crippen molar-refractivity contribution in [1.82, 2.24) is 9.97 Å². The van der Waals surface area contributed by atoms with Crippen LogP contribution in [-0.4, -0.2) is 17.1 Å². The first-order valence-electron chi connectivity index (χ1n) is 3.88. The maximum absolute atomic E-state index is 12.2. The number of rotatable bonds is 2. The number of alkyl halides is 3. The molecule has 0 radical (unpaired) electrons. The first-order chi connectivity index (χ1) is 6.45. The summed E-state index contributed by atoms with van der Waals surface area (Å²) in [7, 11) is 1.38. The summed E-state index contributed by atoms with van der Waals surface area (Å²) in [5, 5.41) is 0. The number of nitrogens with zero attached hydrogens (tertiary/aromatic N) is 2. The van der Waals surface area contributed by atoms with E-state index in [0.29, 0.717) is 0 Å². The number of halogens is 3. The highest BCUT2D eigenvalue weighted by Gasteiger charge is 2.33. The molecule has 78 valence electrons. The Morgan fingerprint density at radius 1 is 1.43 bits per heavy atom. The molecule has 0 N–H and O–H groups in total. The fourth-order valence-electron chi connectivity index (χ4n) is 0.833. The molecule has 0 aliphatic carbocycles. The van der Waals surface area contributed by atoms with E-state index in [1.807, 2.05) is 0 Å². The van der Waals surface area contributed by atoms with Gasteiger partial charge in [-0.3, -0.25) is 0 Å². The summed E-state index contributed by atoms with van der Waals surface area (Å²) in [4.78, 5) is 7.04. The molecule has 6 heteroatoms. The second-order valence-electron chi connectivity index (χ2n) is 2.68. The maximum atomic E-state index is 12.2. The molecule has 0 aliphatic heterocycles. The number of aromatic nitrogens is 2. The van der Waals surface area contributed by atoms with E-state index in [1.165, 1.54) is 7.11 Å². The molecule has 1 atom stereocenters. The molecular formula is C8H9F3N2O. The largest absolute Gasteiger partial charge is 0.433 e. The van der Waals surface area contributed by atoms with Crippen molar-refractivity contribution in [1.29, 1.82) is 0 Å². The zero-order valence-corrected chi connectivity index (χ0v) is 7.67. The highest BCUT2D eigenvalue weighted by molar-refractivity contribution is 5.07. The summed E-state index contributed by atoms with van der Waals surface area (Å²) in [5.41, 5.74) is -0.952. The van der Waals surface area contributed by atoms with Crippen LogP contribution in [0.2, 0.25) is 0 Å². The molecular weight excluding hydrogens is 197 g/mol. The summed E-state index contributed by atoms with van der Waals surface area (Å²) < 4.78 is 41.4. The minimum absolute atomic E-state index is 0.0299. The maximum Gasteiger partial charge on any atom is 0.433 e. The van der Waals surface area contributed by atoms with Gasteiger partial charge in [-0.15, -0.1) is 0 Å². The third-order valence-electron chi connectivity index (χ3n) is 1.68. The van der Waals surface area contributed by atoms with E-state index >= 15 is 0 Å². The molecule has 0 bridgehead atoms. The lowest BCUT2D eigenvalue weighted by atomic mass is 10.3. The van der Waals surface area contributed by atoms with Crippen LogP contribution in [0.3, 0.4) is 0 Å². The molecule has 0 fully saturated rings. The molecule has 3 nitrogen and oxygen atoms in total. The van der Waals surface area contributed by atoms with Gasteiger partial charge >= 0.3 is 6.18 Å². The molecule has 0 saturated carbocycles. The third kappa shape index (κ3) is 2.41. The second-order valence-corrected chi connectivity index (χ2v) is 2.68. The van der Waals surface area contributed by atoms with Crippen LogP contribution in [0.5, 0.6) is 0 Å². The molecule has 0 aliphatic rings. The van der Waals surface area contributed by atoms with Crippen LogP contribution >= 0.6 is 0 Å². The molecule has 0 amide bonds. The van der Waals surface area contributed by atoms with Crippen LogP contribution in [0.4, 0.5) is 13.2 Å². The van der Waals surface area contributed by atoms with E-state index in [9.17, 15) is 13.2 Å². The van der Waals surface area contributed by atoms with Crippen LogP contribution in [0.25, 0.3) is 0 Å². The molecule has 1 aromatic heterocycles. The van der Waals surface area contributed by atoms with Gasteiger partial charge in [-0.25, -0.2) is 9.97 Å². The first kappa shape index (κ1) is 10.9. The van der Waals surface area contributed by atoms with Gasteiger partial charge in [0.1, 0.15) is 11.8 Å². The minimum atomic E-state index is -4.44. The topological polar surface area (TPSA) is 35.0 Å². The predicted octanol–water partition coefficient (Wildman–Crippen LogP) is 2.20. The third-order valence-corrected chi connectivity index (χ3v) is 1.68. The number of methoxy groups -OCH3 is 1. The minimum Gasteiger partial charge on any atom is -0.374 e. The Morgan fingerprint density at radius 2 is 2.07 bits per heavy atom. The summed E-state index contributed by atoms with van der Waals surface area (Å²) >= 11 is 0. The van der Waals surface area contributed by atoms with Gasteiger partial charge in [-0.2, -0.15) is 13.2 Å². The Hall–Kier alpha value is -1.17. The molecule has 1 rings (SSSR count). The average Bonchev–Trinajstić information content (AvgIpc) is 2.15. The molecule has 1 heterocycles. The lowest BCUT2D eigenvalue weighted by Gasteiger charge is -2.10. The molecule has 0 saturated heterocycles. The van der Waals surface area contributed by atoms with Gasteiger partial charge in [-0.05, 0) is 13.0 Å². The van der Waals surface area contributed by atoms with Crippen molar-refractivity contribution in [3.05, 3.63) is 23.8 Å². The summed E-state index contributed by atoms with van der Waals surface area (Å²) in [6.07, 6.45) is -3.91. The van der Waals surface area contributed by atoms with Gasteiger partial charge in [0, 0.05) is 13.3 Å². The van der Waals surface area contributed by atoms with E-state index in [1.54, 1.807) is 6.92 Å². The highest BCUT2D eigenvalue weighted by atomic mass is 19.4. The van der Waals surface area contributed by atoms with Gasteiger partial charge in [0.2, 0.25) is 0 Å². The molecule has 0 spiro atoms. The van der Waals surface area contributed by atoms with E-state index in [4.69, 9.17) is 4.74 Å². The van der Waals surface area contributed by atoms with E-state index < -0.39 is 18.0 Å². The van der Waals surface area contributed by atoms with Crippen LogP contribution < -0.4 is 0 Å². The van der Waals surface area contributed by atoms with Crippen LogP contribution in [0.15, 0.2) is 12.3 Å². The van der Waals surface area contributed by atoms with Gasteiger partial charge in [-0.1, -0.05) is 0 Å². The molecule has 0 aromatic carbocycles. The predicted molar refractivity (Wildman–Crippen MR) is 42.5 cm³/mol. The van der Waals surface area contributed by atoms with E-state index in [0.717, 1.165) is 12.3 Å². The van der Waals surface area contributed by atoms with Crippen LogP contribution in [0.1, 0.15) is 24.5 Å². The van der Waals surface area contributed by atoms with Crippen molar-refractivity contribution in [2.45, 2.75) is 19.2 Å². The van der Waals surface area contributed by atoms with Gasteiger partial charge in [0.25, 0.3) is 0 Å². The number of hydrogen-bond acceptors (Lipinski definition) is 3. The number of hydrogen-bond donors (Lipinski definition) is 0. The monoisotopic (exact) mass is 206 g/mol. The van der Waals surface area contributed by atoms with Gasteiger partial charge < -0.3 is 4.74 Å². The zero-order chi connectivity index (χ0) is 10.8. The zero-order valence-electron chi connectivity index (χ0n) is 7.67. The number of ether oxygens (including phenoxy) is 1. The Bertz CT molecular complexity index is 314. The fraction of sp³-hybridized carbons (Fsp3) is 0.500. The fourth-order valence-corrected chi connectivity index (χ4v) is 0.833. The molecule has 1 aromatic rings. The van der Waals surface area contributed by atoms with Crippen molar-refractivity contribution in [3.63, 3.8) is 0 Å². The van der Waals surface area contributed by atoms with Crippen molar-refractivity contribution < 1.29 is 17.9 Å². The SMILES string of the molecule is COC(C)c1nccc(C(F)(F)F)n1. The van der Waals surface area contributed by atoms with E-state index in [-0.39, 0.29) is 5.82 Å². The Kier molecular flexibility index (Phi) is 3.05. The summed E-state index contributed by atoms with van der Waals surface area (Å²) in [5.74, 6) is 0.0299. The van der Waals surface area contributed by atoms with Crippen molar-refractivity contribution in [2.24, 2.45) is 0 Å². The van der Waals surface area contributed by atoms with Crippen LogP contribution in [-0.2, 0) is 10.9 Å². The quantitative estimate of drug-likeness (QED) is 0.744. The Morgan fingerprint density at radius 3 is 2.57 bits per heavy atom. The Balaban J connectivity index is 3.01. The van der Waals surface area contributed by atoms with Crippen molar-refractivity contribution >= 4 is 0 Å². The van der Waals surface area contributed by atoms with Gasteiger partial charge in [0.05, 0.1) is 0 Å². The smallest absolute Gasteiger partial charge is 0.374 e. The standard InChI is InChI=1S/C8H9F3N2O/c1-5(14-2)7-12-4-3-6(13-7)8(9,10)11/h3-5H,1-2H3. The Labute approximate surface area is 78.9 Å². The lowest BCUT2D eigenvalue weighted by Crippen LogP contribution is -2.12. The van der Waals surface area contributed by atoms with Crippen LogP contribution in [0, 0.1) is 0 Å². The lowest BCUT2D eigenvalue weighted by molar-refractivity contribution is -0.141. The molecule has 14 heavy (non-hydrogen) atoms. The van der Waals surface area contributed by atoms with E-state index in [2.05, 4.69) is 9.97 Å². The second kappa shape index (κ2) is 3.91.